The van der Waals surface area contributed by atoms with Gasteiger partial charge in [0, 0.05) is 0 Å². The van der Waals surface area contributed by atoms with Gasteiger partial charge in [-0.3, -0.25) is 15.0 Å². The minimum absolute atomic E-state index is 0.0608. The summed E-state index contributed by atoms with van der Waals surface area (Å²) in [6.45, 7) is 4.59. The number of hydrazine groups is 1. The lowest BCUT2D eigenvalue weighted by atomic mass is 10.1. The molecule has 0 spiro atoms. The van der Waals surface area contributed by atoms with Crippen LogP contribution in [0.4, 0.5) is 4.79 Å². The number of ether oxygens (including phenoxy) is 1. The Bertz CT molecular complexity index is 798. The number of carboxylic acids is 1. The van der Waals surface area contributed by atoms with Crippen LogP contribution in [-0.4, -0.2) is 50.2 Å². The molecule has 0 fully saturated rings. The first-order valence-corrected chi connectivity index (χ1v) is 9.52. The smallest absolute Gasteiger partial charge is 0.408 e. The maximum atomic E-state index is 12.0. The van der Waals surface area contributed by atoms with Gasteiger partial charge in [0.05, 0.1) is 0 Å². The second-order valence-electron chi connectivity index (χ2n) is 5.55. The maximum absolute atomic E-state index is 12.0. The van der Waals surface area contributed by atoms with Crippen molar-refractivity contribution in [2.75, 3.05) is 6.61 Å². The molecule has 0 aliphatic heterocycles. The Morgan fingerprint density at radius 1 is 1.25 bits per heavy atom. The average Bonchev–Trinajstić information content (AvgIpc) is 2.64. The van der Waals surface area contributed by atoms with Gasteiger partial charge in [0.25, 0.3) is 16.1 Å². The van der Waals surface area contributed by atoms with Crippen LogP contribution in [0, 0.1) is 0 Å². The molecule has 0 aliphatic rings. The molecule has 2 atom stereocenters. The van der Waals surface area contributed by atoms with Crippen molar-refractivity contribution in [2.24, 2.45) is 0 Å². The molecule has 0 saturated heterocycles. The fourth-order valence-electron chi connectivity index (χ4n) is 1.89. The van der Waals surface area contributed by atoms with Gasteiger partial charge < -0.3 is 15.2 Å². The van der Waals surface area contributed by atoms with E-state index in [2.05, 4.69) is 16.6 Å². The third kappa shape index (κ3) is 8.62. The molecule has 0 bridgehead atoms. The molecular formula is C16H22N4O7S. The lowest BCUT2D eigenvalue weighted by Gasteiger charge is -2.17. The highest BCUT2D eigenvalue weighted by Gasteiger charge is 2.25. The summed E-state index contributed by atoms with van der Waals surface area (Å²) in [6, 6.07) is 5.84. The molecule has 12 heteroatoms. The van der Waals surface area contributed by atoms with E-state index in [1.165, 1.54) is 13.0 Å². The molecule has 0 unspecified atom stereocenters. The second kappa shape index (κ2) is 11.0. The zero-order valence-corrected chi connectivity index (χ0v) is 15.9. The molecule has 5 N–H and O–H groups in total. The number of hydrogen-bond donors (Lipinski definition) is 5. The molecule has 1 rings (SSSR count). The molecule has 1 aromatic carbocycles. The van der Waals surface area contributed by atoms with E-state index < -0.39 is 40.3 Å². The van der Waals surface area contributed by atoms with Crippen molar-refractivity contribution in [3.05, 3.63) is 48.6 Å². The minimum atomic E-state index is -4.39. The summed E-state index contributed by atoms with van der Waals surface area (Å²) in [7, 11) is -4.39. The molecular weight excluding hydrogens is 392 g/mol. The van der Waals surface area contributed by atoms with E-state index in [1.807, 2.05) is 10.1 Å². The number of alkyl carbamates (subject to hydrolysis) is 1. The predicted molar refractivity (Wildman–Crippen MR) is 99.0 cm³/mol. The lowest BCUT2D eigenvalue weighted by molar-refractivity contribution is -0.138. The van der Waals surface area contributed by atoms with Crippen molar-refractivity contribution >= 4 is 28.2 Å². The lowest BCUT2D eigenvalue weighted by Crippen LogP contribution is -2.56. The Labute approximate surface area is 162 Å². The molecule has 2 amide bonds. The van der Waals surface area contributed by atoms with Crippen molar-refractivity contribution in [2.45, 2.75) is 25.4 Å². The summed E-state index contributed by atoms with van der Waals surface area (Å²) in [5.41, 5.74) is 2.48. The number of carbonyl (C=O) groups is 3. The quantitative estimate of drug-likeness (QED) is 0.239. The first-order valence-electron chi connectivity index (χ1n) is 8.04. The van der Waals surface area contributed by atoms with Crippen LogP contribution in [0.2, 0.25) is 0 Å². The summed E-state index contributed by atoms with van der Waals surface area (Å²) in [4.78, 5) is 36.2. The maximum Gasteiger partial charge on any atom is 0.408 e. The van der Waals surface area contributed by atoms with Crippen molar-refractivity contribution in [3.8, 4) is 0 Å². The minimum Gasteiger partial charge on any atom is -0.480 e. The Kier molecular flexibility index (Phi) is 9.08. The number of benzene rings is 1. The van der Waals surface area contributed by atoms with E-state index in [-0.39, 0.29) is 13.0 Å². The van der Waals surface area contributed by atoms with Crippen LogP contribution >= 0.6 is 0 Å². The zero-order chi connectivity index (χ0) is 21.2. The topological polar surface area (TPSA) is 163 Å². The average molecular weight is 414 g/mol. The fraction of sp³-hybridized carbons (Fsp3) is 0.312. The highest BCUT2D eigenvalue weighted by molar-refractivity contribution is 7.87. The number of rotatable bonds is 11. The van der Waals surface area contributed by atoms with Gasteiger partial charge in [0.1, 0.15) is 18.7 Å². The molecule has 0 heterocycles. The third-order valence-corrected chi connectivity index (χ3v) is 4.21. The summed E-state index contributed by atoms with van der Waals surface area (Å²) < 4.78 is 30.6. The van der Waals surface area contributed by atoms with Gasteiger partial charge in [-0.2, -0.15) is 13.1 Å². The largest absolute Gasteiger partial charge is 0.480 e. The predicted octanol–water partition coefficient (Wildman–Crippen LogP) is -0.562. The standard InChI is InChI=1S/C16H22N4O7S/c1-3-9-27-16(24)17-11(2)14(21)18-20-28(25,26)19-13(15(22)23)10-12-7-5-4-6-8-12/h3-8,11,13,19-20H,1,9-10H2,2H3,(H,17,24)(H,18,21)(H,22,23)/t11-,13+/m0/s1. The van der Waals surface area contributed by atoms with E-state index >= 15 is 0 Å². The molecule has 154 valence electrons. The molecule has 0 aromatic heterocycles. The van der Waals surface area contributed by atoms with Crippen LogP contribution in [0.1, 0.15) is 12.5 Å². The molecule has 28 heavy (non-hydrogen) atoms. The van der Waals surface area contributed by atoms with Gasteiger partial charge in [-0.25, -0.2) is 4.79 Å². The summed E-state index contributed by atoms with van der Waals surface area (Å²) in [5.74, 6) is -2.28. The molecule has 0 aliphatic carbocycles. The first kappa shape index (κ1) is 23.1. The van der Waals surface area contributed by atoms with Gasteiger partial charge in [-0.1, -0.05) is 43.0 Å². The van der Waals surface area contributed by atoms with E-state index in [0.717, 1.165) is 0 Å². The second-order valence-corrected chi connectivity index (χ2v) is 6.99. The number of hydrogen-bond acceptors (Lipinski definition) is 6. The first-order chi connectivity index (χ1) is 13.1. The van der Waals surface area contributed by atoms with Gasteiger partial charge in [-0.05, 0) is 18.9 Å². The summed E-state index contributed by atoms with van der Waals surface area (Å²) >= 11 is 0. The van der Waals surface area contributed by atoms with Gasteiger partial charge in [0.15, 0.2) is 0 Å². The number of carboxylic acid groups (broad SMARTS) is 1. The highest BCUT2D eigenvalue weighted by atomic mass is 32.2. The monoisotopic (exact) mass is 414 g/mol. The Morgan fingerprint density at radius 3 is 2.46 bits per heavy atom. The number of amides is 2. The van der Waals surface area contributed by atoms with Crippen molar-refractivity contribution < 1.29 is 32.6 Å². The van der Waals surface area contributed by atoms with Crippen molar-refractivity contribution in [1.82, 2.24) is 20.3 Å². The normalized spacial score (nSPS) is 13.0. The number of nitrogens with one attached hydrogen (secondary N) is 4. The highest BCUT2D eigenvalue weighted by Crippen LogP contribution is 2.04. The molecule has 1 aromatic rings. The van der Waals surface area contributed by atoms with E-state index in [4.69, 9.17) is 0 Å². The molecule has 11 nitrogen and oxygen atoms in total. The van der Waals surface area contributed by atoms with Gasteiger partial charge in [-0.15, -0.1) is 4.83 Å². The van der Waals surface area contributed by atoms with E-state index in [1.54, 1.807) is 35.2 Å². The summed E-state index contributed by atoms with van der Waals surface area (Å²) in [5, 5.41) is 11.4. The molecule has 0 radical (unpaired) electrons. The van der Waals surface area contributed by atoms with Gasteiger partial charge in [0.2, 0.25) is 0 Å². The van der Waals surface area contributed by atoms with Crippen LogP contribution < -0.4 is 20.3 Å². The SMILES string of the molecule is C=CCOC(=O)N[C@@H](C)C(=O)NNS(=O)(=O)N[C@H](Cc1ccccc1)C(=O)O. The fourth-order valence-corrected chi connectivity index (χ4v) is 2.74. The van der Waals surface area contributed by atoms with Crippen LogP contribution in [0.15, 0.2) is 43.0 Å². The summed E-state index contributed by atoms with van der Waals surface area (Å²) in [6.07, 6.45) is 0.341. The van der Waals surface area contributed by atoms with Crippen LogP contribution in [0.5, 0.6) is 0 Å². The third-order valence-electron chi connectivity index (χ3n) is 3.25. The van der Waals surface area contributed by atoms with Gasteiger partial charge >= 0.3 is 12.1 Å². The van der Waals surface area contributed by atoms with E-state index in [0.29, 0.717) is 5.56 Å². The number of carbonyl (C=O) groups excluding carboxylic acids is 2. The zero-order valence-electron chi connectivity index (χ0n) is 15.0. The Balaban J connectivity index is 2.58. The van der Waals surface area contributed by atoms with Crippen LogP contribution in [0.3, 0.4) is 0 Å². The molecule has 0 saturated carbocycles. The Morgan fingerprint density at radius 2 is 1.89 bits per heavy atom. The van der Waals surface area contributed by atoms with Crippen LogP contribution in [-0.2, 0) is 31.0 Å². The van der Waals surface area contributed by atoms with E-state index in [9.17, 15) is 27.9 Å². The Hall–Kier alpha value is -2.96. The number of aliphatic carboxylic acids is 1. The van der Waals surface area contributed by atoms with Crippen molar-refractivity contribution in [3.63, 3.8) is 0 Å². The van der Waals surface area contributed by atoms with Crippen LogP contribution in [0.25, 0.3) is 0 Å². The van der Waals surface area contributed by atoms with Crippen molar-refractivity contribution in [1.29, 1.82) is 0 Å².